The van der Waals surface area contributed by atoms with Gasteiger partial charge in [-0.1, -0.05) is 55.8 Å². The highest BCUT2D eigenvalue weighted by Crippen LogP contribution is 2.41. The van der Waals surface area contributed by atoms with Crippen LogP contribution in [0.2, 0.25) is 0 Å². The van der Waals surface area contributed by atoms with Crippen molar-refractivity contribution in [3.63, 3.8) is 0 Å². The number of hydrogen-bond donors (Lipinski definition) is 0. The van der Waals surface area contributed by atoms with E-state index in [0.29, 0.717) is 32.2 Å². The van der Waals surface area contributed by atoms with Crippen molar-refractivity contribution in [1.82, 2.24) is 0 Å². The van der Waals surface area contributed by atoms with Crippen LogP contribution in [-0.4, -0.2) is 15.2 Å². The number of thiocarbonyl (C=S) groups is 1. The van der Waals surface area contributed by atoms with Crippen LogP contribution in [0.25, 0.3) is 6.08 Å². The fourth-order valence-electron chi connectivity index (χ4n) is 3.19. The molecule has 0 atom stereocenters. The van der Waals surface area contributed by atoms with Gasteiger partial charge in [0, 0.05) is 20.6 Å². The quantitative estimate of drug-likeness (QED) is 0.119. The molecule has 0 aliphatic carbocycles. The van der Waals surface area contributed by atoms with E-state index >= 15 is 0 Å². The fraction of sp³-hybridized carbons (Fsp3) is 0.0435. The van der Waals surface area contributed by atoms with E-state index in [1.807, 2.05) is 0 Å². The SMILES string of the molecule is O=C1/C(=C\c2cc(Br)ccc2Oc2ccc(C(F)(F)F)cc2[N+](=O)[O-])SC(=S)N1c1ccc(Br)cc1. The van der Waals surface area contributed by atoms with Gasteiger partial charge in [0.25, 0.3) is 5.91 Å². The largest absolute Gasteiger partial charge is 0.449 e. The first-order chi connectivity index (χ1) is 16.9. The molecule has 0 saturated carbocycles. The van der Waals surface area contributed by atoms with Crippen molar-refractivity contribution >= 4 is 83.5 Å². The summed E-state index contributed by atoms with van der Waals surface area (Å²) >= 11 is 13.1. The average molecular weight is 660 g/mol. The Bertz CT molecular complexity index is 1430. The zero-order valence-corrected chi connectivity index (χ0v) is 22.4. The molecule has 184 valence electrons. The Labute approximate surface area is 228 Å². The zero-order chi connectivity index (χ0) is 26.2. The number of ether oxygens (including phenoxy) is 1. The van der Waals surface area contributed by atoms with Crippen LogP contribution in [0.5, 0.6) is 11.5 Å². The molecule has 3 aromatic rings. The number of halogens is 5. The second-order valence-electron chi connectivity index (χ2n) is 7.22. The molecule has 0 radical (unpaired) electrons. The molecule has 1 aliphatic heterocycles. The lowest BCUT2D eigenvalue weighted by atomic mass is 10.1. The smallest absolute Gasteiger partial charge is 0.416 e. The molecule has 3 aromatic carbocycles. The van der Waals surface area contributed by atoms with Crippen LogP contribution in [0.1, 0.15) is 11.1 Å². The molecule has 1 fully saturated rings. The molecule has 0 bridgehead atoms. The molecular formula is C23H11Br2F3N2O4S2. The molecule has 36 heavy (non-hydrogen) atoms. The van der Waals surface area contributed by atoms with Crippen LogP contribution in [0.15, 0.2) is 74.5 Å². The third-order valence-corrected chi connectivity index (χ3v) is 7.16. The number of rotatable bonds is 5. The molecule has 13 heteroatoms. The van der Waals surface area contributed by atoms with Gasteiger partial charge in [-0.15, -0.1) is 0 Å². The van der Waals surface area contributed by atoms with Gasteiger partial charge in [-0.3, -0.25) is 19.8 Å². The molecule has 0 unspecified atom stereocenters. The van der Waals surface area contributed by atoms with Gasteiger partial charge in [-0.2, -0.15) is 13.2 Å². The van der Waals surface area contributed by atoms with Gasteiger partial charge < -0.3 is 4.74 Å². The number of amides is 1. The maximum absolute atomic E-state index is 13.1. The van der Waals surface area contributed by atoms with Crippen molar-refractivity contribution in [1.29, 1.82) is 0 Å². The lowest BCUT2D eigenvalue weighted by molar-refractivity contribution is -0.385. The highest BCUT2D eigenvalue weighted by atomic mass is 79.9. The van der Waals surface area contributed by atoms with Crippen molar-refractivity contribution in [3.05, 3.63) is 95.8 Å². The van der Waals surface area contributed by atoms with Gasteiger partial charge in [-0.05, 0) is 60.7 Å². The predicted octanol–water partition coefficient (Wildman–Crippen LogP) is 8.34. The third kappa shape index (κ3) is 5.64. The van der Waals surface area contributed by atoms with Crippen molar-refractivity contribution in [2.24, 2.45) is 0 Å². The van der Waals surface area contributed by atoms with E-state index in [2.05, 4.69) is 31.9 Å². The lowest BCUT2D eigenvalue weighted by Crippen LogP contribution is -2.27. The van der Waals surface area contributed by atoms with Crippen LogP contribution in [0.4, 0.5) is 24.5 Å². The normalized spacial score (nSPS) is 15.0. The summed E-state index contributed by atoms with van der Waals surface area (Å²) < 4.78 is 46.6. The summed E-state index contributed by atoms with van der Waals surface area (Å²) in [7, 11) is 0. The number of carbonyl (C=O) groups excluding carboxylic acids is 1. The minimum Gasteiger partial charge on any atom is -0.449 e. The van der Waals surface area contributed by atoms with Gasteiger partial charge in [0.05, 0.1) is 21.1 Å². The van der Waals surface area contributed by atoms with Gasteiger partial charge in [0.15, 0.2) is 4.32 Å². The van der Waals surface area contributed by atoms with Crippen LogP contribution in [-0.2, 0) is 11.0 Å². The van der Waals surface area contributed by atoms with Crippen LogP contribution in [0.3, 0.4) is 0 Å². The molecule has 0 N–H and O–H groups in total. The molecule has 6 nitrogen and oxygen atoms in total. The van der Waals surface area contributed by atoms with Crippen LogP contribution < -0.4 is 9.64 Å². The highest BCUT2D eigenvalue weighted by molar-refractivity contribution is 9.10. The Balaban J connectivity index is 1.70. The molecule has 1 amide bonds. The number of nitro groups is 1. The number of anilines is 1. The number of benzene rings is 3. The van der Waals surface area contributed by atoms with E-state index in [4.69, 9.17) is 17.0 Å². The number of thioether (sulfide) groups is 1. The number of nitrogens with zero attached hydrogens (tertiary/aromatic N) is 2. The number of nitro benzene ring substituents is 1. The minimum atomic E-state index is -4.75. The Hall–Kier alpha value is -2.74. The van der Waals surface area contributed by atoms with E-state index in [1.54, 1.807) is 36.4 Å². The maximum atomic E-state index is 13.1. The van der Waals surface area contributed by atoms with Crippen molar-refractivity contribution < 1.29 is 27.6 Å². The molecular weight excluding hydrogens is 649 g/mol. The highest BCUT2D eigenvalue weighted by Gasteiger charge is 2.35. The summed E-state index contributed by atoms with van der Waals surface area (Å²) in [6.07, 6.45) is -3.25. The maximum Gasteiger partial charge on any atom is 0.416 e. The van der Waals surface area contributed by atoms with E-state index in [9.17, 15) is 28.1 Å². The van der Waals surface area contributed by atoms with Crippen molar-refractivity contribution in [2.75, 3.05) is 4.90 Å². The van der Waals surface area contributed by atoms with Crippen LogP contribution in [0, 0.1) is 10.1 Å². The van der Waals surface area contributed by atoms with E-state index in [1.165, 1.54) is 17.0 Å². The number of carbonyl (C=O) groups is 1. The molecule has 0 spiro atoms. The second-order valence-corrected chi connectivity index (χ2v) is 10.7. The van der Waals surface area contributed by atoms with Gasteiger partial charge in [-0.25, -0.2) is 0 Å². The monoisotopic (exact) mass is 658 g/mol. The van der Waals surface area contributed by atoms with Crippen LogP contribution >= 0.6 is 55.8 Å². The van der Waals surface area contributed by atoms with E-state index < -0.39 is 22.4 Å². The van der Waals surface area contributed by atoms with Gasteiger partial charge >= 0.3 is 11.9 Å². The Morgan fingerprint density at radius 3 is 2.28 bits per heavy atom. The summed E-state index contributed by atoms with van der Waals surface area (Å²) in [5.41, 5.74) is -1.08. The lowest BCUT2D eigenvalue weighted by Gasteiger charge is -2.14. The standard InChI is InChI=1S/C23H11Br2F3N2O4S2/c24-14-2-5-16(6-3-14)29-21(31)20(36-22(29)35)10-12-9-15(25)4-8-18(12)34-19-7-1-13(23(26,27)28)11-17(19)30(32)33/h1-11H/b20-10+. The topological polar surface area (TPSA) is 72.7 Å². The molecule has 0 aromatic heterocycles. The van der Waals surface area contributed by atoms with Gasteiger partial charge in [0.1, 0.15) is 5.75 Å². The molecule has 1 heterocycles. The third-order valence-electron chi connectivity index (χ3n) is 4.84. The van der Waals surface area contributed by atoms with Crippen molar-refractivity contribution in [3.8, 4) is 11.5 Å². The minimum absolute atomic E-state index is 0.0926. The fourth-order valence-corrected chi connectivity index (χ4v) is 5.12. The predicted molar refractivity (Wildman–Crippen MR) is 142 cm³/mol. The summed E-state index contributed by atoms with van der Waals surface area (Å²) in [4.78, 5) is 25.3. The summed E-state index contributed by atoms with van der Waals surface area (Å²) in [6, 6.07) is 13.7. The number of alkyl halides is 3. The van der Waals surface area contributed by atoms with Crippen molar-refractivity contribution in [2.45, 2.75) is 6.18 Å². The molecule has 4 rings (SSSR count). The second kappa shape index (κ2) is 10.3. The first kappa shape index (κ1) is 26.3. The summed E-state index contributed by atoms with van der Waals surface area (Å²) in [5, 5.41) is 11.4. The van der Waals surface area contributed by atoms with Gasteiger partial charge in [0.2, 0.25) is 5.75 Å². The number of hydrogen-bond acceptors (Lipinski definition) is 6. The Morgan fingerprint density at radius 1 is 1.00 bits per heavy atom. The van der Waals surface area contributed by atoms with E-state index in [-0.39, 0.29) is 22.3 Å². The Kier molecular flexibility index (Phi) is 7.55. The summed E-state index contributed by atoms with van der Waals surface area (Å²) in [6.45, 7) is 0. The first-order valence-corrected chi connectivity index (χ1v) is 12.6. The molecule has 1 aliphatic rings. The average Bonchev–Trinajstić information content (AvgIpc) is 3.08. The first-order valence-electron chi connectivity index (χ1n) is 9.80. The molecule has 1 saturated heterocycles. The van der Waals surface area contributed by atoms with E-state index in [0.717, 1.165) is 22.3 Å². The zero-order valence-electron chi connectivity index (χ0n) is 17.6. The summed E-state index contributed by atoms with van der Waals surface area (Å²) in [5.74, 6) is -0.666. The Morgan fingerprint density at radius 2 is 1.64 bits per heavy atom.